The second kappa shape index (κ2) is 4.57. The summed E-state index contributed by atoms with van der Waals surface area (Å²) in [5.41, 5.74) is -0.897. The molecule has 6 heteroatoms. The van der Waals surface area contributed by atoms with Crippen LogP contribution in [-0.4, -0.2) is 57.5 Å². The van der Waals surface area contributed by atoms with Crippen LogP contribution in [-0.2, 0) is 23.7 Å². The van der Waals surface area contributed by atoms with Gasteiger partial charge in [0.05, 0.1) is 13.2 Å². The van der Waals surface area contributed by atoms with Crippen molar-refractivity contribution in [1.29, 1.82) is 0 Å². The van der Waals surface area contributed by atoms with Crippen LogP contribution in [0.15, 0.2) is 0 Å². The van der Waals surface area contributed by atoms with Gasteiger partial charge in [0.1, 0.15) is 30.0 Å². The molecule has 2 heterocycles. The number of thiol groups is 1. The lowest BCUT2D eigenvalue weighted by molar-refractivity contribution is -0.165. The van der Waals surface area contributed by atoms with E-state index in [1.165, 1.54) is 0 Å². The average Bonchev–Trinajstić information content (AvgIpc) is 2.35. The molecular formula is C9H16O5S. The van der Waals surface area contributed by atoms with Gasteiger partial charge in [0.25, 0.3) is 0 Å². The molecule has 0 spiro atoms. The van der Waals surface area contributed by atoms with Crippen LogP contribution in [0.2, 0.25) is 0 Å². The Hall–Kier alpha value is 0.150. The topological polar surface area (TPSA) is 46.2 Å². The molecule has 88 valence electrons. The van der Waals surface area contributed by atoms with Crippen LogP contribution in [0.4, 0.5) is 0 Å². The second-order valence-corrected chi connectivity index (χ2v) is 4.27. The van der Waals surface area contributed by atoms with E-state index < -0.39 is 5.60 Å². The molecule has 2 rings (SSSR count). The summed E-state index contributed by atoms with van der Waals surface area (Å²) in [7, 11) is 3.25. The van der Waals surface area contributed by atoms with Crippen molar-refractivity contribution in [2.45, 2.75) is 23.2 Å². The zero-order valence-corrected chi connectivity index (χ0v) is 9.74. The summed E-state index contributed by atoms with van der Waals surface area (Å²) < 4.78 is 27.2. The van der Waals surface area contributed by atoms with E-state index in [1.807, 2.05) is 0 Å². The fraction of sp³-hybridized carbons (Fsp3) is 1.00. The molecule has 2 unspecified atom stereocenters. The van der Waals surface area contributed by atoms with Crippen molar-refractivity contribution in [2.75, 3.05) is 34.2 Å². The van der Waals surface area contributed by atoms with E-state index in [-0.39, 0.29) is 24.4 Å². The summed E-state index contributed by atoms with van der Waals surface area (Å²) in [5, 5.41) is 0. The fourth-order valence-electron chi connectivity index (χ4n) is 2.20. The highest BCUT2D eigenvalue weighted by molar-refractivity contribution is 7.80. The molecule has 2 aliphatic rings. The number of methoxy groups -OCH3 is 2. The number of rotatable bonds is 3. The van der Waals surface area contributed by atoms with Crippen molar-refractivity contribution in [2.24, 2.45) is 0 Å². The van der Waals surface area contributed by atoms with Gasteiger partial charge in [-0.1, -0.05) is 0 Å². The summed E-state index contributed by atoms with van der Waals surface area (Å²) in [6.45, 7) is 1.05. The van der Waals surface area contributed by atoms with Gasteiger partial charge < -0.3 is 23.7 Å². The number of hydrogen-bond acceptors (Lipinski definition) is 6. The molecule has 0 saturated carbocycles. The Labute approximate surface area is 94.4 Å². The summed E-state index contributed by atoms with van der Waals surface area (Å²) in [6, 6.07) is 0. The Morgan fingerprint density at radius 3 is 2.93 bits per heavy atom. The molecule has 2 bridgehead atoms. The van der Waals surface area contributed by atoms with Gasteiger partial charge in [-0.05, 0) is 0 Å². The van der Waals surface area contributed by atoms with Gasteiger partial charge in [-0.25, -0.2) is 0 Å². The van der Waals surface area contributed by atoms with E-state index in [2.05, 4.69) is 12.6 Å². The molecule has 0 aromatic carbocycles. The molecular weight excluding hydrogens is 220 g/mol. The highest BCUT2D eigenvalue weighted by atomic mass is 32.1. The lowest BCUT2D eigenvalue weighted by atomic mass is 9.97. The van der Waals surface area contributed by atoms with Crippen molar-refractivity contribution in [3.05, 3.63) is 0 Å². The first kappa shape index (κ1) is 11.6. The molecule has 0 aliphatic carbocycles. The van der Waals surface area contributed by atoms with Crippen LogP contribution in [0.1, 0.15) is 0 Å². The fourth-order valence-corrected chi connectivity index (χ4v) is 2.65. The van der Waals surface area contributed by atoms with E-state index in [0.717, 1.165) is 0 Å². The molecule has 0 amide bonds. The van der Waals surface area contributed by atoms with Gasteiger partial charge in [-0.3, -0.25) is 0 Å². The second-order valence-electron chi connectivity index (χ2n) is 3.76. The van der Waals surface area contributed by atoms with Crippen LogP contribution >= 0.6 is 12.6 Å². The molecule has 0 N–H and O–H groups in total. The predicted molar refractivity (Wildman–Crippen MR) is 55.0 cm³/mol. The van der Waals surface area contributed by atoms with Crippen LogP contribution in [0, 0.1) is 0 Å². The first-order valence-electron chi connectivity index (χ1n) is 4.80. The molecule has 2 saturated heterocycles. The van der Waals surface area contributed by atoms with Gasteiger partial charge in [0.15, 0.2) is 0 Å². The summed E-state index contributed by atoms with van der Waals surface area (Å²) in [6.07, 6.45) is -0.418. The molecule has 2 aliphatic heterocycles. The SMILES string of the molecule is COCC12COCOC([C@H](S)O1)[C@H]2OC. The molecule has 4 atom stereocenters. The van der Waals surface area contributed by atoms with Gasteiger partial charge in [-0.2, -0.15) is 0 Å². The highest BCUT2D eigenvalue weighted by Crippen LogP contribution is 2.38. The van der Waals surface area contributed by atoms with Gasteiger partial charge >= 0.3 is 0 Å². The maximum atomic E-state index is 5.76. The maximum Gasteiger partial charge on any atom is 0.147 e. The Balaban J connectivity index is 2.23. The minimum Gasteiger partial charge on any atom is -0.381 e. The summed E-state index contributed by atoms with van der Waals surface area (Å²) >= 11 is 4.34. The van der Waals surface area contributed by atoms with Crippen LogP contribution in [0.5, 0.6) is 0 Å². The first-order valence-corrected chi connectivity index (χ1v) is 5.32. The smallest absolute Gasteiger partial charge is 0.147 e. The standard InChI is InChI=1S/C9H16O5S/c1-10-3-9-4-12-5-13-6(7(9)11-2)8(15)14-9/h6-8,15H,3-5H2,1-2H3/t6?,7-,8+,9?/m1/s1. The Kier molecular flexibility index (Phi) is 3.54. The van der Waals surface area contributed by atoms with Crippen molar-refractivity contribution in [1.82, 2.24) is 0 Å². The lowest BCUT2D eigenvalue weighted by Crippen LogP contribution is -2.50. The minimum atomic E-state index is -0.600. The van der Waals surface area contributed by atoms with Crippen LogP contribution < -0.4 is 0 Å². The Bertz CT molecular complexity index is 227. The zero-order valence-electron chi connectivity index (χ0n) is 8.84. The number of fused-ring (bicyclic) bond motifs is 2. The Morgan fingerprint density at radius 1 is 1.47 bits per heavy atom. The molecule has 0 aromatic heterocycles. The molecule has 0 aromatic rings. The summed E-state index contributed by atoms with van der Waals surface area (Å²) in [5.74, 6) is 0. The number of hydrogen-bond donors (Lipinski definition) is 1. The monoisotopic (exact) mass is 236 g/mol. The average molecular weight is 236 g/mol. The minimum absolute atomic E-state index is 0.206. The van der Waals surface area contributed by atoms with Crippen molar-refractivity contribution < 1.29 is 23.7 Å². The maximum absolute atomic E-state index is 5.76. The highest BCUT2D eigenvalue weighted by Gasteiger charge is 2.57. The third-order valence-corrected chi connectivity index (χ3v) is 3.19. The van der Waals surface area contributed by atoms with E-state index in [0.29, 0.717) is 13.2 Å². The largest absolute Gasteiger partial charge is 0.381 e. The molecule has 15 heavy (non-hydrogen) atoms. The van der Waals surface area contributed by atoms with E-state index in [9.17, 15) is 0 Å². The van der Waals surface area contributed by atoms with Gasteiger partial charge in [0.2, 0.25) is 0 Å². The van der Waals surface area contributed by atoms with Crippen molar-refractivity contribution in [3.8, 4) is 0 Å². The van der Waals surface area contributed by atoms with Gasteiger partial charge in [0, 0.05) is 14.2 Å². The molecule has 5 nitrogen and oxygen atoms in total. The molecule has 2 fully saturated rings. The Morgan fingerprint density at radius 2 is 2.27 bits per heavy atom. The zero-order chi connectivity index (χ0) is 10.9. The predicted octanol–water partition coefficient (Wildman–Crippen LogP) is 0.0456. The first-order chi connectivity index (χ1) is 7.23. The summed E-state index contributed by atoms with van der Waals surface area (Å²) in [4.78, 5) is 0. The van der Waals surface area contributed by atoms with Crippen molar-refractivity contribution in [3.63, 3.8) is 0 Å². The molecule has 0 radical (unpaired) electrons. The normalized spacial score (nSPS) is 45.4. The van der Waals surface area contributed by atoms with Crippen LogP contribution in [0.25, 0.3) is 0 Å². The lowest BCUT2D eigenvalue weighted by Gasteiger charge is -2.31. The van der Waals surface area contributed by atoms with E-state index >= 15 is 0 Å². The third-order valence-electron chi connectivity index (χ3n) is 2.79. The number of ether oxygens (including phenoxy) is 5. The van der Waals surface area contributed by atoms with E-state index in [1.54, 1.807) is 14.2 Å². The van der Waals surface area contributed by atoms with E-state index in [4.69, 9.17) is 23.7 Å². The third kappa shape index (κ3) is 1.90. The quantitative estimate of drug-likeness (QED) is 0.701. The van der Waals surface area contributed by atoms with Crippen LogP contribution in [0.3, 0.4) is 0 Å². The van der Waals surface area contributed by atoms with Gasteiger partial charge in [-0.15, -0.1) is 12.6 Å². The van der Waals surface area contributed by atoms with Crippen molar-refractivity contribution >= 4 is 12.6 Å².